The molecule has 1 aromatic heterocycles. The molecule has 0 bridgehead atoms. The third kappa shape index (κ3) is 2.19. The molecule has 2 heteroatoms. The van der Waals surface area contributed by atoms with Crippen LogP contribution in [0.25, 0.3) is 0 Å². The van der Waals surface area contributed by atoms with Crippen molar-refractivity contribution in [3.63, 3.8) is 0 Å². The Kier molecular flexibility index (Phi) is 3.67. The topological polar surface area (TPSA) is 17.1 Å². The van der Waals surface area contributed by atoms with E-state index in [0.29, 0.717) is 5.78 Å². The zero-order chi connectivity index (χ0) is 9.84. The Morgan fingerprint density at radius 3 is 2.38 bits per heavy atom. The Bertz CT molecular complexity index is 284. The summed E-state index contributed by atoms with van der Waals surface area (Å²) in [5, 5.41) is 4.01. The maximum atomic E-state index is 11.9. The zero-order valence-electron chi connectivity index (χ0n) is 8.46. The van der Waals surface area contributed by atoms with E-state index in [4.69, 9.17) is 0 Å². The highest BCUT2D eigenvalue weighted by Crippen LogP contribution is 2.21. The van der Waals surface area contributed by atoms with Gasteiger partial charge < -0.3 is 0 Å². The number of aryl methyl sites for hydroxylation is 1. The Hall–Kier alpha value is -0.630. The van der Waals surface area contributed by atoms with E-state index in [9.17, 15) is 4.79 Å². The van der Waals surface area contributed by atoms with E-state index in [1.165, 1.54) is 0 Å². The van der Waals surface area contributed by atoms with Crippen LogP contribution >= 0.6 is 11.3 Å². The Morgan fingerprint density at radius 2 is 2.00 bits per heavy atom. The second-order valence-corrected chi connectivity index (χ2v) is 4.09. The van der Waals surface area contributed by atoms with Crippen molar-refractivity contribution in [1.82, 2.24) is 0 Å². The fourth-order valence-corrected chi connectivity index (χ4v) is 2.33. The summed E-state index contributed by atoms with van der Waals surface area (Å²) in [4.78, 5) is 11.9. The quantitative estimate of drug-likeness (QED) is 0.671. The lowest BCUT2D eigenvalue weighted by Crippen LogP contribution is -2.13. The molecule has 0 aliphatic rings. The average Bonchev–Trinajstić information content (AvgIpc) is 2.53. The Balaban J connectivity index is 2.84. The van der Waals surface area contributed by atoms with E-state index in [-0.39, 0.29) is 5.92 Å². The number of rotatable bonds is 4. The van der Waals surface area contributed by atoms with Crippen LogP contribution in [0.5, 0.6) is 0 Å². The van der Waals surface area contributed by atoms with Crippen molar-refractivity contribution in [3.8, 4) is 0 Å². The van der Waals surface area contributed by atoms with Crippen LogP contribution in [0.15, 0.2) is 10.8 Å². The Labute approximate surface area is 83.8 Å². The van der Waals surface area contributed by atoms with Crippen molar-refractivity contribution in [2.75, 3.05) is 0 Å². The molecule has 1 aromatic rings. The normalized spacial score (nSPS) is 10.8. The minimum absolute atomic E-state index is 0.216. The number of ketones is 1. The van der Waals surface area contributed by atoms with Gasteiger partial charge in [0.25, 0.3) is 0 Å². The smallest absolute Gasteiger partial charge is 0.167 e. The van der Waals surface area contributed by atoms with E-state index in [1.807, 2.05) is 17.7 Å². The summed E-state index contributed by atoms with van der Waals surface area (Å²) in [6.07, 6.45) is 1.90. The highest BCUT2D eigenvalue weighted by Gasteiger charge is 2.18. The number of carbonyl (C=O) groups excluding carboxylic acids is 1. The first kappa shape index (κ1) is 10.5. The number of hydrogen-bond acceptors (Lipinski definition) is 2. The lowest BCUT2D eigenvalue weighted by Gasteiger charge is -2.09. The summed E-state index contributed by atoms with van der Waals surface area (Å²) in [6.45, 7) is 6.16. The molecular formula is C11H16OS. The SMILES string of the molecule is CCC(CC)C(=O)c1cscc1C. The molecule has 0 fully saturated rings. The van der Waals surface area contributed by atoms with Crippen molar-refractivity contribution in [1.29, 1.82) is 0 Å². The minimum Gasteiger partial charge on any atom is -0.294 e. The predicted octanol–water partition coefficient (Wildman–Crippen LogP) is 3.68. The number of Topliss-reactive ketones (excluding diaryl/α,β-unsaturated/α-hetero) is 1. The second kappa shape index (κ2) is 4.56. The van der Waals surface area contributed by atoms with Crippen LogP contribution in [0.3, 0.4) is 0 Å². The molecule has 0 saturated carbocycles. The van der Waals surface area contributed by atoms with E-state index in [0.717, 1.165) is 24.0 Å². The third-order valence-corrected chi connectivity index (χ3v) is 3.34. The van der Waals surface area contributed by atoms with Gasteiger partial charge in [0.05, 0.1) is 0 Å². The molecule has 1 heterocycles. The van der Waals surface area contributed by atoms with E-state index in [2.05, 4.69) is 13.8 Å². The first-order valence-electron chi connectivity index (χ1n) is 4.77. The van der Waals surface area contributed by atoms with Gasteiger partial charge in [-0.05, 0) is 30.7 Å². The maximum absolute atomic E-state index is 11.9. The fourth-order valence-electron chi connectivity index (χ4n) is 1.49. The van der Waals surface area contributed by atoms with Crippen LogP contribution < -0.4 is 0 Å². The van der Waals surface area contributed by atoms with Crippen molar-refractivity contribution in [2.45, 2.75) is 33.6 Å². The number of hydrogen-bond donors (Lipinski definition) is 0. The summed E-state index contributed by atoms with van der Waals surface area (Å²) in [7, 11) is 0. The monoisotopic (exact) mass is 196 g/mol. The molecule has 0 aliphatic carbocycles. The standard InChI is InChI=1S/C11H16OS/c1-4-9(5-2)11(12)10-7-13-6-8(10)3/h6-7,9H,4-5H2,1-3H3. The fraction of sp³-hybridized carbons (Fsp3) is 0.545. The van der Waals surface area contributed by atoms with Crippen LogP contribution in [0.1, 0.15) is 42.6 Å². The van der Waals surface area contributed by atoms with Gasteiger partial charge in [0.1, 0.15) is 0 Å². The molecule has 0 N–H and O–H groups in total. The first-order valence-corrected chi connectivity index (χ1v) is 5.72. The van der Waals surface area contributed by atoms with Crippen molar-refractivity contribution >= 4 is 17.1 Å². The molecule has 1 rings (SSSR count). The molecule has 0 radical (unpaired) electrons. The van der Waals surface area contributed by atoms with Crippen molar-refractivity contribution < 1.29 is 4.79 Å². The Morgan fingerprint density at radius 1 is 1.38 bits per heavy atom. The van der Waals surface area contributed by atoms with Crippen LogP contribution in [0, 0.1) is 12.8 Å². The van der Waals surface area contributed by atoms with Gasteiger partial charge in [-0.1, -0.05) is 13.8 Å². The largest absolute Gasteiger partial charge is 0.294 e. The molecule has 0 aliphatic heterocycles. The average molecular weight is 196 g/mol. The van der Waals surface area contributed by atoms with Gasteiger partial charge in [0, 0.05) is 16.9 Å². The van der Waals surface area contributed by atoms with Gasteiger partial charge in [0.15, 0.2) is 5.78 Å². The lowest BCUT2D eigenvalue weighted by molar-refractivity contribution is 0.0913. The van der Waals surface area contributed by atoms with Gasteiger partial charge in [-0.25, -0.2) is 0 Å². The molecule has 0 spiro atoms. The molecule has 0 atom stereocenters. The molecule has 0 aromatic carbocycles. The molecule has 1 nitrogen and oxygen atoms in total. The number of thiophene rings is 1. The van der Waals surface area contributed by atoms with Gasteiger partial charge in [-0.15, -0.1) is 0 Å². The number of carbonyl (C=O) groups is 1. The molecule has 0 unspecified atom stereocenters. The van der Waals surface area contributed by atoms with Gasteiger partial charge in [-0.3, -0.25) is 4.79 Å². The predicted molar refractivity (Wildman–Crippen MR) is 57.5 cm³/mol. The summed E-state index contributed by atoms with van der Waals surface area (Å²) in [6, 6.07) is 0. The van der Waals surface area contributed by atoms with Crippen molar-refractivity contribution in [3.05, 3.63) is 21.9 Å². The molecule has 72 valence electrons. The maximum Gasteiger partial charge on any atom is 0.167 e. The van der Waals surface area contributed by atoms with Crippen LogP contribution in [0.2, 0.25) is 0 Å². The highest BCUT2D eigenvalue weighted by molar-refractivity contribution is 7.08. The lowest BCUT2D eigenvalue weighted by atomic mass is 9.93. The van der Waals surface area contributed by atoms with E-state index in [1.54, 1.807) is 11.3 Å². The molecular weight excluding hydrogens is 180 g/mol. The van der Waals surface area contributed by atoms with Crippen molar-refractivity contribution in [2.24, 2.45) is 5.92 Å². The van der Waals surface area contributed by atoms with Crippen LogP contribution in [-0.4, -0.2) is 5.78 Å². The van der Waals surface area contributed by atoms with Crippen LogP contribution in [-0.2, 0) is 0 Å². The second-order valence-electron chi connectivity index (χ2n) is 3.35. The summed E-state index contributed by atoms with van der Waals surface area (Å²) >= 11 is 1.61. The summed E-state index contributed by atoms with van der Waals surface area (Å²) in [5.74, 6) is 0.539. The molecule has 0 saturated heterocycles. The zero-order valence-corrected chi connectivity index (χ0v) is 9.28. The molecule has 0 amide bonds. The van der Waals surface area contributed by atoms with Crippen LogP contribution in [0.4, 0.5) is 0 Å². The molecule has 13 heavy (non-hydrogen) atoms. The van der Waals surface area contributed by atoms with Gasteiger partial charge in [0.2, 0.25) is 0 Å². The van der Waals surface area contributed by atoms with E-state index < -0.39 is 0 Å². The van der Waals surface area contributed by atoms with E-state index >= 15 is 0 Å². The summed E-state index contributed by atoms with van der Waals surface area (Å²) in [5.41, 5.74) is 2.06. The highest BCUT2D eigenvalue weighted by atomic mass is 32.1. The summed E-state index contributed by atoms with van der Waals surface area (Å²) < 4.78 is 0. The van der Waals surface area contributed by atoms with Gasteiger partial charge in [-0.2, -0.15) is 11.3 Å². The first-order chi connectivity index (χ1) is 6.20. The van der Waals surface area contributed by atoms with Gasteiger partial charge >= 0.3 is 0 Å². The third-order valence-electron chi connectivity index (χ3n) is 2.48. The minimum atomic E-state index is 0.216.